The lowest BCUT2D eigenvalue weighted by Crippen LogP contribution is -2.37. The van der Waals surface area contributed by atoms with Crippen molar-refractivity contribution in [3.63, 3.8) is 0 Å². The van der Waals surface area contributed by atoms with E-state index in [1.165, 1.54) is 12.1 Å². The highest BCUT2D eigenvalue weighted by Gasteiger charge is 2.28. The molecule has 0 fully saturated rings. The molecule has 4 aromatic carbocycles. The smallest absolute Gasteiger partial charge is 0.255 e. The lowest BCUT2D eigenvalue weighted by atomic mass is 10.1. The first-order valence-electron chi connectivity index (χ1n) is 20.0. The number of pyridine rings is 2. The first kappa shape index (κ1) is 38.6. The Bertz CT molecular complexity index is 2980. The van der Waals surface area contributed by atoms with Crippen molar-refractivity contribution in [3.05, 3.63) is 213 Å². The van der Waals surface area contributed by atoms with E-state index >= 15 is 0 Å². The third-order valence-corrected chi connectivity index (χ3v) is 10.8. The zero-order chi connectivity index (χ0) is 41.7. The van der Waals surface area contributed by atoms with E-state index in [2.05, 4.69) is 14.9 Å². The number of benzene rings is 4. The fourth-order valence-corrected chi connectivity index (χ4v) is 7.77. The molecule has 0 N–H and O–H groups in total. The van der Waals surface area contributed by atoms with Crippen molar-refractivity contribution in [1.29, 1.82) is 0 Å². The summed E-state index contributed by atoms with van der Waals surface area (Å²) in [6.45, 7) is 1.62. The van der Waals surface area contributed by atoms with Gasteiger partial charge in [-0.1, -0.05) is 84.9 Å². The summed E-state index contributed by atoms with van der Waals surface area (Å²) >= 11 is 0. The van der Waals surface area contributed by atoms with E-state index in [-0.39, 0.29) is 29.3 Å². The molecular formula is C49H39FN8O3. The number of hydrogen-bond acceptors (Lipinski definition) is 9. The normalized spacial score (nSPS) is 12.3. The predicted octanol–water partition coefficient (Wildman–Crippen LogP) is 8.27. The number of aromatic nitrogens is 6. The van der Waals surface area contributed by atoms with Crippen LogP contribution in [0.2, 0.25) is 0 Å². The Morgan fingerprint density at radius 1 is 0.574 bits per heavy atom. The number of para-hydroxylation sites is 2. The average molecular weight is 807 g/mol. The van der Waals surface area contributed by atoms with Crippen LogP contribution in [-0.4, -0.2) is 47.9 Å². The van der Waals surface area contributed by atoms with Crippen molar-refractivity contribution < 1.29 is 9.18 Å². The topological polar surface area (TPSA) is 119 Å². The molecule has 0 spiro atoms. The largest absolute Gasteiger partial charge is 0.312 e. The summed E-state index contributed by atoms with van der Waals surface area (Å²) in [6, 6.07) is 42.3. The van der Waals surface area contributed by atoms with Crippen molar-refractivity contribution >= 4 is 29.1 Å². The van der Waals surface area contributed by atoms with Crippen molar-refractivity contribution in [1.82, 2.24) is 29.1 Å². The summed E-state index contributed by atoms with van der Waals surface area (Å²) in [4.78, 5) is 60.6. The second-order valence-corrected chi connectivity index (χ2v) is 14.7. The Morgan fingerprint density at radius 2 is 1.07 bits per heavy atom. The van der Waals surface area contributed by atoms with Crippen LogP contribution in [0.4, 0.5) is 27.7 Å². The fourth-order valence-electron chi connectivity index (χ4n) is 7.77. The molecule has 2 aliphatic heterocycles. The van der Waals surface area contributed by atoms with Crippen LogP contribution in [0.1, 0.15) is 33.5 Å². The molecule has 0 atom stereocenters. The van der Waals surface area contributed by atoms with Crippen molar-refractivity contribution in [3.8, 4) is 22.5 Å². The molecule has 0 saturated heterocycles. The third kappa shape index (κ3) is 8.11. The maximum atomic E-state index is 14.1. The summed E-state index contributed by atoms with van der Waals surface area (Å²) in [5.74, 6) is 0.863. The zero-order valence-corrected chi connectivity index (χ0v) is 33.0. The molecule has 4 aromatic heterocycles. The standard InChI is InChI=1S/C25H21FN4O.C24H18N4O2/c26-21-9-3-1-6-18(21)8-5-15-29-23-10-4-2-7-20(23)17-30-24(31)16-22(28-25(29)30)19-11-13-27-14-12-19;29-22(18-6-2-1-3-7-18)16-27-21-9-5-4-8-19(21)15-28-23(30)14-20(26-24(27)28)17-10-12-25-13-11-17/h1-4,6-7,9-14,16H,5,8,15,17H2;1-14H,15-16H2. The SMILES string of the molecule is O=C(CN1c2ccccc2Cn2c1nc(-c1ccncc1)cc2=O)c1ccccc1.O=c1cc(-c2ccncc2)nc2n1Cc1ccccc1N2CCCc1ccccc1F. The summed E-state index contributed by atoms with van der Waals surface area (Å²) in [5.41, 5.74) is 7.89. The Labute approximate surface area is 350 Å². The molecule has 12 heteroatoms. The minimum atomic E-state index is -0.184. The van der Waals surface area contributed by atoms with Gasteiger partial charge < -0.3 is 9.80 Å². The molecule has 0 bridgehead atoms. The van der Waals surface area contributed by atoms with Gasteiger partial charge in [-0.2, -0.15) is 0 Å². The number of rotatable bonds is 9. The number of nitrogens with zero attached hydrogens (tertiary/aromatic N) is 8. The molecule has 2 aliphatic rings. The Hall–Kier alpha value is -7.86. The van der Waals surface area contributed by atoms with E-state index in [4.69, 9.17) is 9.97 Å². The van der Waals surface area contributed by atoms with Crippen LogP contribution in [-0.2, 0) is 19.5 Å². The van der Waals surface area contributed by atoms with Gasteiger partial charge in [0.1, 0.15) is 5.82 Å². The van der Waals surface area contributed by atoms with Crippen molar-refractivity contribution in [2.75, 3.05) is 22.9 Å². The highest BCUT2D eigenvalue weighted by atomic mass is 19.1. The summed E-state index contributed by atoms with van der Waals surface area (Å²) in [7, 11) is 0. The number of carbonyl (C=O) groups excluding carboxylic acids is 1. The summed E-state index contributed by atoms with van der Waals surface area (Å²) in [6.07, 6.45) is 8.05. The Kier molecular flexibility index (Phi) is 10.9. The van der Waals surface area contributed by atoms with Crippen LogP contribution >= 0.6 is 0 Å². The van der Waals surface area contributed by atoms with Gasteiger partial charge in [0.25, 0.3) is 11.1 Å². The van der Waals surface area contributed by atoms with Crippen LogP contribution in [0.15, 0.2) is 174 Å². The quantitative estimate of drug-likeness (QED) is 0.133. The van der Waals surface area contributed by atoms with Gasteiger partial charge in [-0.3, -0.25) is 33.5 Å². The van der Waals surface area contributed by atoms with Gasteiger partial charge in [-0.25, -0.2) is 14.4 Å². The maximum absolute atomic E-state index is 14.1. The van der Waals surface area contributed by atoms with Crippen LogP contribution in [0, 0.1) is 5.82 Å². The van der Waals surface area contributed by atoms with Crippen molar-refractivity contribution in [2.24, 2.45) is 0 Å². The molecule has 0 amide bonds. The van der Waals surface area contributed by atoms with Crippen LogP contribution < -0.4 is 20.9 Å². The van der Waals surface area contributed by atoms with E-state index in [1.54, 1.807) is 58.2 Å². The van der Waals surface area contributed by atoms with E-state index < -0.39 is 0 Å². The minimum absolute atomic E-state index is 0.0394. The van der Waals surface area contributed by atoms with Gasteiger partial charge in [0.2, 0.25) is 11.9 Å². The van der Waals surface area contributed by atoms with E-state index in [0.717, 1.165) is 40.0 Å². The Balaban J connectivity index is 0.000000156. The maximum Gasteiger partial charge on any atom is 0.255 e. The Morgan fingerprint density at radius 3 is 1.64 bits per heavy atom. The second-order valence-electron chi connectivity index (χ2n) is 14.7. The van der Waals surface area contributed by atoms with Crippen LogP contribution in [0.25, 0.3) is 22.5 Å². The van der Waals surface area contributed by atoms with Crippen LogP contribution in [0.3, 0.4) is 0 Å². The number of fused-ring (bicyclic) bond motifs is 4. The number of halogens is 1. The molecule has 0 unspecified atom stereocenters. The lowest BCUT2D eigenvalue weighted by molar-refractivity contribution is 0.100. The number of hydrogen-bond donors (Lipinski definition) is 0. The zero-order valence-electron chi connectivity index (χ0n) is 33.0. The summed E-state index contributed by atoms with van der Waals surface area (Å²) in [5, 5.41) is 0. The highest BCUT2D eigenvalue weighted by Crippen LogP contribution is 2.35. The summed E-state index contributed by atoms with van der Waals surface area (Å²) < 4.78 is 17.4. The van der Waals surface area contributed by atoms with Gasteiger partial charge in [0, 0.05) is 71.5 Å². The molecule has 8 aromatic rings. The molecule has 6 heterocycles. The van der Waals surface area contributed by atoms with Gasteiger partial charge in [-0.15, -0.1) is 0 Å². The first-order chi connectivity index (χ1) is 29.9. The minimum Gasteiger partial charge on any atom is -0.312 e. The fraction of sp³-hybridized carbons (Fsp3) is 0.122. The van der Waals surface area contributed by atoms with Gasteiger partial charge in [0.15, 0.2) is 5.78 Å². The number of aryl methyl sites for hydroxylation is 1. The van der Waals surface area contributed by atoms with Gasteiger partial charge >= 0.3 is 0 Å². The van der Waals surface area contributed by atoms with E-state index in [9.17, 15) is 18.8 Å². The molecule has 0 saturated carbocycles. The molecule has 0 aliphatic carbocycles. The van der Waals surface area contributed by atoms with Crippen LogP contribution in [0.5, 0.6) is 0 Å². The number of anilines is 4. The van der Waals surface area contributed by atoms with E-state index in [1.807, 2.05) is 108 Å². The van der Waals surface area contributed by atoms with Gasteiger partial charge in [0.05, 0.1) is 31.0 Å². The molecule has 0 radical (unpaired) electrons. The number of ketones is 1. The van der Waals surface area contributed by atoms with Gasteiger partial charge in [-0.05, 0) is 72.0 Å². The number of Topliss-reactive ketones (excluding diaryl/α,β-unsaturated/α-hetero) is 1. The number of carbonyl (C=O) groups is 1. The van der Waals surface area contributed by atoms with Crippen molar-refractivity contribution in [2.45, 2.75) is 25.9 Å². The average Bonchev–Trinajstić information content (AvgIpc) is 3.30. The molecule has 11 nitrogen and oxygen atoms in total. The predicted molar refractivity (Wildman–Crippen MR) is 234 cm³/mol. The second kappa shape index (κ2) is 17.2. The molecule has 61 heavy (non-hydrogen) atoms. The first-order valence-corrected chi connectivity index (χ1v) is 20.0. The molecule has 300 valence electrons. The molecular weight excluding hydrogens is 768 g/mol. The lowest BCUT2D eigenvalue weighted by Gasteiger charge is -2.33. The monoisotopic (exact) mass is 806 g/mol. The van der Waals surface area contributed by atoms with E-state index in [0.29, 0.717) is 60.5 Å². The highest BCUT2D eigenvalue weighted by molar-refractivity contribution is 6.00. The molecule has 10 rings (SSSR count). The third-order valence-electron chi connectivity index (χ3n) is 10.8.